The molecule has 1 spiro atoms. The van der Waals surface area contributed by atoms with Gasteiger partial charge in [0.05, 0.1) is 4.92 Å². The number of likely N-dealkylation sites (tertiary alicyclic amines) is 1. The molecular formula is C26H42N4O4. The van der Waals surface area contributed by atoms with Crippen LogP contribution in [0, 0.1) is 20.9 Å². The predicted octanol–water partition coefficient (Wildman–Crippen LogP) is 5.71. The largest absolute Gasteiger partial charge is 0.444 e. The van der Waals surface area contributed by atoms with E-state index >= 15 is 0 Å². The molecule has 1 heterocycles. The summed E-state index contributed by atoms with van der Waals surface area (Å²) < 4.78 is 5.56. The van der Waals surface area contributed by atoms with Crippen LogP contribution in [0.5, 0.6) is 0 Å². The fourth-order valence-electron chi connectivity index (χ4n) is 4.87. The van der Waals surface area contributed by atoms with Crippen LogP contribution in [0.25, 0.3) is 0 Å². The van der Waals surface area contributed by atoms with Gasteiger partial charge < -0.3 is 20.3 Å². The molecule has 1 amide bonds. The van der Waals surface area contributed by atoms with Crippen LogP contribution < -0.4 is 10.6 Å². The van der Waals surface area contributed by atoms with E-state index in [1.807, 2.05) is 37.8 Å². The number of carbonyl (C=O) groups excluding carboxylic acids is 1. The van der Waals surface area contributed by atoms with Gasteiger partial charge in [0.25, 0.3) is 5.69 Å². The summed E-state index contributed by atoms with van der Waals surface area (Å²) in [5, 5.41) is 18.6. The van der Waals surface area contributed by atoms with E-state index in [0.29, 0.717) is 18.8 Å². The molecule has 3 rings (SSSR count). The normalized spacial score (nSPS) is 23.9. The maximum Gasteiger partial charge on any atom is 0.410 e. The molecule has 1 aliphatic carbocycles. The van der Waals surface area contributed by atoms with E-state index in [2.05, 4.69) is 38.3 Å². The first-order valence-corrected chi connectivity index (χ1v) is 12.4. The third-order valence-electron chi connectivity index (χ3n) is 7.20. The molecule has 2 aliphatic rings. The first kappa shape index (κ1) is 26.3. The number of nitro benzene ring substituents is 1. The molecule has 0 radical (unpaired) electrons. The minimum Gasteiger partial charge on any atom is -0.444 e. The van der Waals surface area contributed by atoms with Gasteiger partial charge in [-0.2, -0.15) is 0 Å². The minimum absolute atomic E-state index is 0.0779. The van der Waals surface area contributed by atoms with Crippen LogP contribution >= 0.6 is 0 Å². The molecule has 1 aromatic rings. The quantitative estimate of drug-likeness (QED) is 0.405. The molecule has 0 unspecified atom stereocenters. The topological polar surface area (TPSA) is 96.7 Å². The van der Waals surface area contributed by atoms with Crippen LogP contribution in [0.4, 0.5) is 16.2 Å². The van der Waals surface area contributed by atoms with Crippen molar-refractivity contribution in [3.63, 3.8) is 0 Å². The highest BCUT2D eigenvalue weighted by Crippen LogP contribution is 2.49. The number of ether oxygens (including phenoxy) is 1. The second-order valence-electron chi connectivity index (χ2n) is 12.3. The Morgan fingerprint density at radius 2 is 1.94 bits per heavy atom. The van der Waals surface area contributed by atoms with Crippen LogP contribution in [0.3, 0.4) is 0 Å². The van der Waals surface area contributed by atoms with Crippen molar-refractivity contribution in [2.75, 3.05) is 18.4 Å². The van der Waals surface area contributed by atoms with E-state index in [9.17, 15) is 14.9 Å². The summed E-state index contributed by atoms with van der Waals surface area (Å²) in [7, 11) is 0. The number of benzene rings is 1. The van der Waals surface area contributed by atoms with Gasteiger partial charge in [-0.1, -0.05) is 26.8 Å². The second-order valence-corrected chi connectivity index (χ2v) is 12.3. The Bertz CT molecular complexity index is 897. The molecule has 1 aliphatic heterocycles. The summed E-state index contributed by atoms with van der Waals surface area (Å²) >= 11 is 0. The summed E-state index contributed by atoms with van der Waals surface area (Å²) in [6.07, 6.45) is 3.58. The van der Waals surface area contributed by atoms with Crippen molar-refractivity contribution in [2.24, 2.45) is 10.8 Å². The Balaban J connectivity index is 1.59. The molecule has 0 bridgehead atoms. The molecule has 1 atom stereocenters. The highest BCUT2D eigenvalue weighted by Gasteiger charge is 2.48. The fourth-order valence-corrected chi connectivity index (χ4v) is 4.87. The summed E-state index contributed by atoms with van der Waals surface area (Å²) in [5.74, 6) is 0. The molecule has 1 saturated heterocycles. The Morgan fingerprint density at radius 3 is 2.53 bits per heavy atom. The first-order valence-electron chi connectivity index (χ1n) is 12.4. The Labute approximate surface area is 204 Å². The van der Waals surface area contributed by atoms with Gasteiger partial charge in [-0.15, -0.1) is 0 Å². The lowest BCUT2D eigenvalue weighted by Gasteiger charge is -2.53. The molecule has 8 heteroatoms. The Hall–Kier alpha value is -2.35. The average molecular weight is 475 g/mol. The molecule has 2 fully saturated rings. The average Bonchev–Trinajstić information content (AvgIpc) is 2.69. The molecular weight excluding hydrogens is 432 g/mol. The molecule has 1 saturated carbocycles. The van der Waals surface area contributed by atoms with E-state index in [4.69, 9.17) is 4.74 Å². The van der Waals surface area contributed by atoms with Crippen molar-refractivity contribution >= 4 is 17.5 Å². The molecule has 34 heavy (non-hydrogen) atoms. The number of piperidine rings is 1. The van der Waals surface area contributed by atoms with Gasteiger partial charge in [0.15, 0.2) is 0 Å². The van der Waals surface area contributed by atoms with Crippen molar-refractivity contribution < 1.29 is 14.5 Å². The van der Waals surface area contributed by atoms with E-state index < -0.39 is 5.60 Å². The third kappa shape index (κ3) is 6.62. The van der Waals surface area contributed by atoms with Gasteiger partial charge in [-0.25, -0.2) is 4.79 Å². The Kier molecular flexibility index (Phi) is 7.51. The highest BCUT2D eigenvalue weighted by atomic mass is 16.6. The van der Waals surface area contributed by atoms with Crippen molar-refractivity contribution in [3.05, 3.63) is 33.9 Å². The maximum absolute atomic E-state index is 12.5. The molecule has 2 N–H and O–H groups in total. The summed E-state index contributed by atoms with van der Waals surface area (Å²) in [5.41, 5.74) is 1.27. The van der Waals surface area contributed by atoms with E-state index in [0.717, 1.165) is 37.8 Å². The number of hydrogen-bond acceptors (Lipinski definition) is 6. The second kappa shape index (κ2) is 9.72. The number of nitrogens with one attached hydrogen (secondary N) is 2. The number of nitro groups is 1. The maximum atomic E-state index is 12.5. The monoisotopic (exact) mass is 474 g/mol. The zero-order valence-corrected chi connectivity index (χ0v) is 21.9. The van der Waals surface area contributed by atoms with Gasteiger partial charge >= 0.3 is 6.09 Å². The summed E-state index contributed by atoms with van der Waals surface area (Å²) in [6, 6.07) is 5.91. The highest BCUT2D eigenvalue weighted by molar-refractivity contribution is 5.68. The van der Waals surface area contributed by atoms with Crippen molar-refractivity contribution in [3.8, 4) is 0 Å². The Morgan fingerprint density at radius 1 is 1.26 bits per heavy atom. The number of nitrogens with zero attached hydrogens (tertiary/aromatic N) is 2. The van der Waals surface area contributed by atoms with Crippen molar-refractivity contribution in [1.82, 2.24) is 10.2 Å². The van der Waals surface area contributed by atoms with E-state index in [-0.39, 0.29) is 39.6 Å². The lowest BCUT2D eigenvalue weighted by Crippen LogP contribution is -2.56. The van der Waals surface area contributed by atoms with Crippen LogP contribution in [-0.2, 0) is 11.3 Å². The van der Waals surface area contributed by atoms with Gasteiger partial charge in [0.1, 0.15) is 11.3 Å². The summed E-state index contributed by atoms with van der Waals surface area (Å²) in [6.45, 7) is 16.3. The predicted molar refractivity (Wildman–Crippen MR) is 135 cm³/mol. The van der Waals surface area contributed by atoms with Gasteiger partial charge in [-0.3, -0.25) is 10.1 Å². The molecule has 8 nitrogen and oxygen atoms in total. The minimum atomic E-state index is -0.503. The molecule has 1 aromatic carbocycles. The smallest absolute Gasteiger partial charge is 0.410 e. The van der Waals surface area contributed by atoms with Crippen molar-refractivity contribution in [2.45, 2.75) is 98.4 Å². The van der Waals surface area contributed by atoms with Crippen LogP contribution in [-0.4, -0.2) is 46.7 Å². The number of anilines is 1. The zero-order chi connectivity index (χ0) is 25.3. The van der Waals surface area contributed by atoms with Gasteiger partial charge in [-0.05, 0) is 75.8 Å². The van der Waals surface area contributed by atoms with Crippen molar-refractivity contribution in [1.29, 1.82) is 0 Å². The standard InChI is InChI=1S/C26H42N4O4/c1-18(24(2,3)4)27-16-19-9-10-21(22(13-19)30(32)33)28-20-14-26(15-20)11-8-12-29(17-26)23(31)34-25(5,6)7/h9-10,13,18,20,27-28H,8,11-12,14-17H2,1-7H3/t18-,20?,26?/m0/s1. The summed E-state index contributed by atoms with van der Waals surface area (Å²) in [4.78, 5) is 25.8. The molecule has 0 aromatic heterocycles. The van der Waals surface area contributed by atoms with Crippen LogP contribution in [0.15, 0.2) is 18.2 Å². The first-order chi connectivity index (χ1) is 15.7. The lowest BCUT2D eigenvalue weighted by atomic mass is 9.61. The van der Waals surface area contributed by atoms with E-state index in [1.54, 1.807) is 6.07 Å². The van der Waals surface area contributed by atoms with Crippen LogP contribution in [0.1, 0.15) is 79.7 Å². The number of amides is 1. The number of carbonyl (C=O) groups is 1. The lowest BCUT2D eigenvalue weighted by molar-refractivity contribution is -0.384. The SMILES string of the molecule is C[C@H](NCc1ccc(NC2CC3(CCCN(C(=O)OC(C)(C)C)C3)C2)c([N+](=O)[O-])c1)C(C)(C)C. The zero-order valence-electron chi connectivity index (χ0n) is 21.9. The van der Waals surface area contributed by atoms with E-state index in [1.165, 1.54) is 0 Å². The van der Waals surface area contributed by atoms with Crippen LogP contribution in [0.2, 0.25) is 0 Å². The van der Waals surface area contributed by atoms with Gasteiger partial charge in [0.2, 0.25) is 0 Å². The number of rotatable bonds is 6. The molecule has 190 valence electrons. The van der Waals surface area contributed by atoms with Gasteiger partial charge in [0, 0.05) is 37.8 Å². The fraction of sp³-hybridized carbons (Fsp3) is 0.731. The third-order valence-corrected chi connectivity index (χ3v) is 7.20. The number of hydrogen-bond donors (Lipinski definition) is 2.